The summed E-state index contributed by atoms with van der Waals surface area (Å²) in [5, 5.41) is 20.7. The van der Waals surface area contributed by atoms with Crippen molar-refractivity contribution >= 4 is 5.82 Å². The Morgan fingerprint density at radius 2 is 1.90 bits per heavy atom. The van der Waals surface area contributed by atoms with Gasteiger partial charge in [-0.15, -0.1) is 5.10 Å². The molecule has 1 unspecified atom stereocenters. The van der Waals surface area contributed by atoms with Gasteiger partial charge in [0, 0.05) is 6.04 Å². The summed E-state index contributed by atoms with van der Waals surface area (Å²) in [4.78, 5) is 0. The fourth-order valence-corrected chi connectivity index (χ4v) is 2.10. The van der Waals surface area contributed by atoms with E-state index in [1.165, 1.54) is 5.56 Å². The molecule has 2 aromatic rings. The predicted molar refractivity (Wildman–Crippen MR) is 79.5 cm³/mol. The molecule has 0 amide bonds. The zero-order valence-corrected chi connectivity index (χ0v) is 12.0. The third-order valence-electron chi connectivity index (χ3n) is 3.33. The second kappa shape index (κ2) is 6.16. The summed E-state index contributed by atoms with van der Waals surface area (Å²) in [6, 6.07) is 12.6. The molecule has 0 saturated heterocycles. The summed E-state index contributed by atoms with van der Waals surface area (Å²) in [7, 11) is 0. The monoisotopic (exact) mass is 266 g/mol. The molecule has 1 aromatic heterocycles. The molecule has 1 atom stereocenters. The summed E-state index contributed by atoms with van der Waals surface area (Å²) in [6.07, 6.45) is 0.875. The van der Waals surface area contributed by atoms with Crippen molar-refractivity contribution in [2.75, 3.05) is 5.32 Å². The van der Waals surface area contributed by atoms with Crippen LogP contribution in [0.1, 0.15) is 29.3 Å². The number of rotatable bonds is 4. The zero-order chi connectivity index (χ0) is 14.5. The number of aryl methyl sites for hydroxylation is 1. The van der Waals surface area contributed by atoms with E-state index in [4.69, 9.17) is 0 Å². The van der Waals surface area contributed by atoms with E-state index < -0.39 is 0 Å². The van der Waals surface area contributed by atoms with E-state index >= 15 is 0 Å². The Balaban J connectivity index is 2.14. The van der Waals surface area contributed by atoms with Gasteiger partial charge >= 0.3 is 0 Å². The summed E-state index contributed by atoms with van der Waals surface area (Å²) in [6.45, 7) is 5.83. The van der Waals surface area contributed by atoms with Crippen LogP contribution >= 0.6 is 0 Å². The molecule has 4 heteroatoms. The highest BCUT2D eigenvalue weighted by atomic mass is 15.2. The van der Waals surface area contributed by atoms with E-state index in [1.54, 1.807) is 0 Å². The minimum absolute atomic E-state index is 0.181. The number of hydrogen-bond donors (Lipinski definition) is 1. The van der Waals surface area contributed by atoms with Gasteiger partial charge < -0.3 is 5.32 Å². The van der Waals surface area contributed by atoms with Gasteiger partial charge in [0.25, 0.3) is 0 Å². The van der Waals surface area contributed by atoms with Crippen LogP contribution in [0.2, 0.25) is 0 Å². The maximum absolute atomic E-state index is 9.27. The fraction of sp³-hybridized carbons (Fsp3) is 0.312. The largest absolute Gasteiger partial charge is 0.365 e. The number of nitrogens with one attached hydrogen (secondary N) is 1. The molecule has 0 aliphatic heterocycles. The number of nitriles is 1. The normalized spacial score (nSPS) is 11.7. The molecule has 0 saturated carbocycles. The molecular formula is C16H18N4. The molecule has 0 radical (unpaired) electrons. The Morgan fingerprint density at radius 1 is 1.20 bits per heavy atom. The van der Waals surface area contributed by atoms with Crippen molar-refractivity contribution in [3.8, 4) is 6.07 Å². The Morgan fingerprint density at radius 3 is 2.55 bits per heavy atom. The number of aromatic nitrogens is 2. The first-order valence-corrected chi connectivity index (χ1v) is 6.66. The van der Waals surface area contributed by atoms with Crippen LogP contribution in [0.25, 0.3) is 0 Å². The maximum atomic E-state index is 9.27. The number of hydrogen-bond acceptors (Lipinski definition) is 4. The van der Waals surface area contributed by atoms with E-state index in [0.717, 1.165) is 17.7 Å². The second-order valence-corrected chi connectivity index (χ2v) is 4.98. The SMILES string of the molecule is Cc1nnc(NC(C)Cc2ccccc2)c(C#N)c1C. The van der Waals surface area contributed by atoms with Gasteiger partial charge in [0.2, 0.25) is 0 Å². The predicted octanol–water partition coefficient (Wildman–Crippen LogP) is 3.01. The number of benzene rings is 1. The second-order valence-electron chi connectivity index (χ2n) is 4.98. The van der Waals surface area contributed by atoms with Crippen molar-refractivity contribution in [3.63, 3.8) is 0 Å². The van der Waals surface area contributed by atoms with Crippen LogP contribution in [0.4, 0.5) is 5.82 Å². The average Bonchev–Trinajstić information content (AvgIpc) is 2.44. The lowest BCUT2D eigenvalue weighted by molar-refractivity contribution is 0.775. The average molecular weight is 266 g/mol. The molecule has 1 aromatic carbocycles. The van der Waals surface area contributed by atoms with Crippen LogP contribution in [-0.4, -0.2) is 16.2 Å². The van der Waals surface area contributed by atoms with Gasteiger partial charge in [0.05, 0.1) is 5.69 Å². The maximum Gasteiger partial charge on any atom is 0.167 e. The summed E-state index contributed by atoms with van der Waals surface area (Å²) < 4.78 is 0. The van der Waals surface area contributed by atoms with Crippen LogP contribution in [0.5, 0.6) is 0 Å². The smallest absolute Gasteiger partial charge is 0.167 e. The van der Waals surface area contributed by atoms with Gasteiger partial charge in [-0.3, -0.25) is 0 Å². The van der Waals surface area contributed by atoms with E-state index in [-0.39, 0.29) is 6.04 Å². The van der Waals surface area contributed by atoms with Crippen LogP contribution < -0.4 is 5.32 Å². The van der Waals surface area contributed by atoms with Crippen molar-refractivity contribution in [1.82, 2.24) is 10.2 Å². The van der Waals surface area contributed by atoms with Crippen molar-refractivity contribution < 1.29 is 0 Å². The van der Waals surface area contributed by atoms with Gasteiger partial charge in [-0.2, -0.15) is 10.4 Å². The van der Waals surface area contributed by atoms with Crippen molar-refractivity contribution in [2.24, 2.45) is 0 Å². The number of anilines is 1. The van der Waals surface area contributed by atoms with Gasteiger partial charge in [-0.25, -0.2) is 0 Å². The Labute approximate surface area is 119 Å². The first kappa shape index (κ1) is 14.0. The first-order valence-electron chi connectivity index (χ1n) is 6.66. The molecule has 2 rings (SSSR count). The molecule has 102 valence electrons. The van der Waals surface area contributed by atoms with Crippen LogP contribution in [0, 0.1) is 25.2 Å². The molecule has 0 aliphatic rings. The summed E-state index contributed by atoms with van der Waals surface area (Å²) in [5.74, 6) is 0.569. The van der Waals surface area contributed by atoms with Crippen molar-refractivity contribution in [2.45, 2.75) is 33.2 Å². The molecule has 0 aliphatic carbocycles. The summed E-state index contributed by atoms with van der Waals surface area (Å²) >= 11 is 0. The Bertz CT molecular complexity index is 629. The fourth-order valence-electron chi connectivity index (χ4n) is 2.10. The summed E-state index contributed by atoms with van der Waals surface area (Å²) in [5.41, 5.74) is 3.51. The van der Waals surface area contributed by atoms with Crippen molar-refractivity contribution in [3.05, 3.63) is 52.7 Å². The standard InChI is InChI=1S/C16H18N4/c1-11(9-14-7-5-4-6-8-14)18-16-15(10-17)12(2)13(3)19-20-16/h4-8,11H,9H2,1-3H3,(H,18,20). The molecule has 1 heterocycles. The van der Waals surface area contributed by atoms with Crippen LogP contribution in [0.15, 0.2) is 30.3 Å². The number of nitrogens with zero attached hydrogens (tertiary/aromatic N) is 3. The molecular weight excluding hydrogens is 248 g/mol. The van der Waals surface area contributed by atoms with E-state index in [2.05, 4.69) is 40.6 Å². The highest BCUT2D eigenvalue weighted by molar-refractivity contribution is 5.56. The molecule has 4 nitrogen and oxygen atoms in total. The molecule has 1 N–H and O–H groups in total. The van der Waals surface area contributed by atoms with E-state index in [1.807, 2.05) is 32.0 Å². The van der Waals surface area contributed by atoms with Gasteiger partial charge in [0.1, 0.15) is 11.6 Å². The third-order valence-corrected chi connectivity index (χ3v) is 3.33. The molecule has 0 spiro atoms. The van der Waals surface area contributed by atoms with Gasteiger partial charge in [-0.05, 0) is 38.3 Å². The minimum atomic E-state index is 0.181. The van der Waals surface area contributed by atoms with Crippen molar-refractivity contribution in [1.29, 1.82) is 5.26 Å². The lowest BCUT2D eigenvalue weighted by Crippen LogP contribution is -2.20. The third kappa shape index (κ3) is 3.12. The van der Waals surface area contributed by atoms with Gasteiger partial charge in [-0.1, -0.05) is 30.3 Å². The van der Waals surface area contributed by atoms with E-state index in [0.29, 0.717) is 11.4 Å². The topological polar surface area (TPSA) is 61.6 Å². The lowest BCUT2D eigenvalue weighted by atomic mass is 10.1. The van der Waals surface area contributed by atoms with Crippen LogP contribution in [0.3, 0.4) is 0 Å². The molecule has 20 heavy (non-hydrogen) atoms. The zero-order valence-electron chi connectivity index (χ0n) is 12.0. The van der Waals surface area contributed by atoms with Gasteiger partial charge in [0.15, 0.2) is 5.82 Å². The quantitative estimate of drug-likeness (QED) is 0.924. The Hall–Kier alpha value is -2.41. The lowest BCUT2D eigenvalue weighted by Gasteiger charge is -2.16. The van der Waals surface area contributed by atoms with Crippen LogP contribution in [-0.2, 0) is 6.42 Å². The van der Waals surface area contributed by atoms with E-state index in [9.17, 15) is 5.26 Å². The molecule has 0 bridgehead atoms. The molecule has 0 fully saturated rings. The minimum Gasteiger partial charge on any atom is -0.365 e. The highest BCUT2D eigenvalue weighted by Crippen LogP contribution is 2.18. The highest BCUT2D eigenvalue weighted by Gasteiger charge is 2.13. The Kier molecular flexibility index (Phi) is 4.31. The first-order chi connectivity index (χ1) is 9.61.